The molecule has 1 aliphatic rings. The van der Waals surface area contributed by atoms with Crippen molar-refractivity contribution in [3.8, 4) is 0 Å². The Morgan fingerprint density at radius 2 is 1.59 bits per heavy atom. The predicted octanol–water partition coefficient (Wildman–Crippen LogP) is 6.38. The molecule has 1 fully saturated rings. The number of hydrogen-bond donors (Lipinski definition) is 0. The third kappa shape index (κ3) is 5.57. The van der Waals surface area contributed by atoms with Crippen LogP contribution in [0.25, 0.3) is 11.0 Å². The highest BCUT2D eigenvalue weighted by Crippen LogP contribution is 2.34. The largest absolute Gasteiger partial charge is 0.328 e. The van der Waals surface area contributed by atoms with Crippen molar-refractivity contribution >= 4 is 11.0 Å². The van der Waals surface area contributed by atoms with E-state index in [0.717, 1.165) is 6.54 Å². The molecule has 2 aromatic rings. The molecule has 150 valence electrons. The van der Waals surface area contributed by atoms with Gasteiger partial charge in [0.1, 0.15) is 5.82 Å². The minimum absolute atomic E-state index is 0.669. The monoisotopic (exact) mass is 369 g/mol. The summed E-state index contributed by atoms with van der Waals surface area (Å²) in [4.78, 5) is 7.77. The number of unbranched alkanes of at least 4 members (excludes halogenated alkanes) is 2. The minimum atomic E-state index is 0.669. The standard InChI is InChI=1S/C24H39N3/c1-3-5-17-26(18-6-4-2)19-12-20-27-23-16-11-10-15-22(23)25-24(27)21-13-8-7-9-14-21/h10-11,15-16,21H,3-9,12-14,17-20H2,1-2H3. The second-order valence-corrected chi connectivity index (χ2v) is 8.35. The maximum atomic E-state index is 5.08. The topological polar surface area (TPSA) is 21.1 Å². The molecular weight excluding hydrogens is 330 g/mol. The summed E-state index contributed by atoms with van der Waals surface area (Å²) in [5, 5.41) is 0. The fourth-order valence-corrected chi connectivity index (χ4v) is 4.55. The summed E-state index contributed by atoms with van der Waals surface area (Å²) in [6.07, 6.45) is 13.3. The summed E-state index contributed by atoms with van der Waals surface area (Å²) in [6, 6.07) is 8.75. The highest BCUT2D eigenvalue weighted by atomic mass is 15.1. The molecule has 1 heterocycles. The van der Waals surface area contributed by atoms with Crippen LogP contribution in [0.5, 0.6) is 0 Å². The van der Waals surface area contributed by atoms with E-state index in [-0.39, 0.29) is 0 Å². The van der Waals surface area contributed by atoms with Crippen LogP contribution in [0.1, 0.15) is 89.8 Å². The third-order valence-corrected chi connectivity index (χ3v) is 6.17. The Bertz CT molecular complexity index is 661. The first-order chi connectivity index (χ1) is 13.3. The summed E-state index contributed by atoms with van der Waals surface area (Å²) < 4.78 is 2.56. The van der Waals surface area contributed by atoms with E-state index >= 15 is 0 Å². The van der Waals surface area contributed by atoms with Crippen molar-refractivity contribution in [2.75, 3.05) is 19.6 Å². The Hall–Kier alpha value is -1.35. The van der Waals surface area contributed by atoms with Crippen molar-refractivity contribution in [1.29, 1.82) is 0 Å². The summed E-state index contributed by atoms with van der Waals surface area (Å²) in [7, 11) is 0. The average Bonchev–Trinajstić information content (AvgIpc) is 3.09. The molecule has 1 aromatic carbocycles. The van der Waals surface area contributed by atoms with Gasteiger partial charge in [-0.25, -0.2) is 4.98 Å². The summed E-state index contributed by atoms with van der Waals surface area (Å²) >= 11 is 0. The Morgan fingerprint density at radius 1 is 0.926 bits per heavy atom. The fraction of sp³-hybridized carbons (Fsp3) is 0.708. The lowest BCUT2D eigenvalue weighted by atomic mass is 9.88. The summed E-state index contributed by atoms with van der Waals surface area (Å²) in [5.41, 5.74) is 2.53. The molecule has 0 aliphatic heterocycles. The van der Waals surface area contributed by atoms with Crippen molar-refractivity contribution in [1.82, 2.24) is 14.5 Å². The number of para-hydroxylation sites is 2. The zero-order chi connectivity index (χ0) is 18.9. The van der Waals surface area contributed by atoms with Crippen LogP contribution in [0.4, 0.5) is 0 Å². The first-order valence-electron chi connectivity index (χ1n) is 11.5. The molecular formula is C24H39N3. The Balaban J connectivity index is 1.69. The van der Waals surface area contributed by atoms with E-state index in [0.29, 0.717) is 5.92 Å². The number of aromatic nitrogens is 2. The van der Waals surface area contributed by atoms with E-state index in [9.17, 15) is 0 Å². The number of fused-ring (bicyclic) bond motifs is 1. The van der Waals surface area contributed by atoms with Gasteiger partial charge >= 0.3 is 0 Å². The van der Waals surface area contributed by atoms with Gasteiger partial charge in [0.2, 0.25) is 0 Å². The van der Waals surface area contributed by atoms with Gasteiger partial charge in [-0.05, 0) is 63.9 Å². The second kappa shape index (κ2) is 10.8. The van der Waals surface area contributed by atoms with Crippen molar-refractivity contribution in [3.63, 3.8) is 0 Å². The molecule has 0 radical (unpaired) electrons. The molecule has 1 aliphatic carbocycles. The number of aryl methyl sites for hydroxylation is 1. The van der Waals surface area contributed by atoms with Gasteiger partial charge in [-0.2, -0.15) is 0 Å². The smallest absolute Gasteiger partial charge is 0.112 e. The number of benzene rings is 1. The zero-order valence-electron chi connectivity index (χ0n) is 17.6. The molecule has 0 unspecified atom stereocenters. The molecule has 0 spiro atoms. The molecule has 3 heteroatoms. The van der Waals surface area contributed by atoms with Gasteiger partial charge in [0.05, 0.1) is 11.0 Å². The lowest BCUT2D eigenvalue weighted by Crippen LogP contribution is -2.28. The molecule has 1 aromatic heterocycles. The number of rotatable bonds is 11. The number of nitrogens with zero attached hydrogens (tertiary/aromatic N) is 3. The van der Waals surface area contributed by atoms with Crippen LogP contribution in [0, 0.1) is 0 Å². The molecule has 0 N–H and O–H groups in total. The van der Waals surface area contributed by atoms with Gasteiger partial charge in [-0.1, -0.05) is 58.1 Å². The van der Waals surface area contributed by atoms with Crippen LogP contribution in [-0.2, 0) is 6.54 Å². The quantitative estimate of drug-likeness (QED) is 0.458. The first kappa shape index (κ1) is 20.4. The Morgan fingerprint density at radius 3 is 2.30 bits per heavy atom. The summed E-state index contributed by atoms with van der Waals surface area (Å²) in [5.74, 6) is 2.03. The van der Waals surface area contributed by atoms with Crippen LogP contribution in [-0.4, -0.2) is 34.1 Å². The zero-order valence-corrected chi connectivity index (χ0v) is 17.6. The normalized spacial score (nSPS) is 15.8. The van der Waals surface area contributed by atoms with Gasteiger partial charge in [0.25, 0.3) is 0 Å². The van der Waals surface area contributed by atoms with Crippen LogP contribution in [0.15, 0.2) is 24.3 Å². The SMILES string of the molecule is CCCCN(CCCC)CCCn1c(C2CCCCC2)nc2ccccc21. The first-order valence-corrected chi connectivity index (χ1v) is 11.5. The molecule has 3 rings (SSSR count). The maximum Gasteiger partial charge on any atom is 0.112 e. The molecule has 0 amide bonds. The van der Waals surface area contributed by atoms with Crippen LogP contribution in [0.2, 0.25) is 0 Å². The molecule has 0 bridgehead atoms. The Kier molecular flexibility index (Phi) is 8.19. The van der Waals surface area contributed by atoms with E-state index in [1.165, 1.54) is 101 Å². The van der Waals surface area contributed by atoms with Gasteiger partial charge in [0, 0.05) is 12.5 Å². The molecule has 1 saturated carbocycles. The van der Waals surface area contributed by atoms with E-state index in [1.54, 1.807) is 0 Å². The van der Waals surface area contributed by atoms with Crippen molar-refractivity contribution in [3.05, 3.63) is 30.1 Å². The highest BCUT2D eigenvalue weighted by molar-refractivity contribution is 5.76. The molecule has 0 saturated heterocycles. The molecule has 0 atom stereocenters. The molecule has 27 heavy (non-hydrogen) atoms. The summed E-state index contributed by atoms with van der Waals surface area (Å²) in [6.45, 7) is 9.45. The van der Waals surface area contributed by atoms with Crippen molar-refractivity contribution < 1.29 is 0 Å². The average molecular weight is 370 g/mol. The van der Waals surface area contributed by atoms with Crippen LogP contribution >= 0.6 is 0 Å². The molecule has 3 nitrogen and oxygen atoms in total. The van der Waals surface area contributed by atoms with Crippen molar-refractivity contribution in [2.45, 2.75) is 90.5 Å². The number of hydrogen-bond acceptors (Lipinski definition) is 2. The second-order valence-electron chi connectivity index (χ2n) is 8.35. The maximum absolute atomic E-state index is 5.08. The van der Waals surface area contributed by atoms with E-state index in [4.69, 9.17) is 4.98 Å². The van der Waals surface area contributed by atoms with E-state index < -0.39 is 0 Å². The highest BCUT2D eigenvalue weighted by Gasteiger charge is 2.22. The van der Waals surface area contributed by atoms with Crippen LogP contribution in [0.3, 0.4) is 0 Å². The van der Waals surface area contributed by atoms with Gasteiger partial charge in [0.15, 0.2) is 0 Å². The van der Waals surface area contributed by atoms with Crippen molar-refractivity contribution in [2.24, 2.45) is 0 Å². The van der Waals surface area contributed by atoms with E-state index in [1.807, 2.05) is 0 Å². The lowest BCUT2D eigenvalue weighted by Gasteiger charge is -2.24. The third-order valence-electron chi connectivity index (χ3n) is 6.17. The van der Waals surface area contributed by atoms with Gasteiger partial charge in [-0.3, -0.25) is 0 Å². The van der Waals surface area contributed by atoms with E-state index in [2.05, 4.69) is 47.6 Å². The lowest BCUT2D eigenvalue weighted by molar-refractivity contribution is 0.257. The van der Waals surface area contributed by atoms with Crippen LogP contribution < -0.4 is 0 Å². The minimum Gasteiger partial charge on any atom is -0.328 e. The predicted molar refractivity (Wildman–Crippen MR) is 116 cm³/mol. The van der Waals surface area contributed by atoms with Gasteiger partial charge < -0.3 is 9.47 Å². The fourth-order valence-electron chi connectivity index (χ4n) is 4.55. The Labute approximate surface area is 166 Å². The van der Waals surface area contributed by atoms with Gasteiger partial charge in [-0.15, -0.1) is 0 Å². The number of imidazole rings is 1.